The van der Waals surface area contributed by atoms with E-state index in [-0.39, 0.29) is 12.5 Å². The highest BCUT2D eigenvalue weighted by molar-refractivity contribution is 5.73. The normalized spacial score (nSPS) is 24.5. The zero-order valence-electron chi connectivity index (χ0n) is 20.9. The molecule has 1 amide bonds. The molecule has 0 bridgehead atoms. The van der Waals surface area contributed by atoms with Crippen LogP contribution in [0.15, 0.2) is 91.0 Å². The van der Waals surface area contributed by atoms with Crippen LogP contribution in [0, 0.1) is 0 Å². The molecule has 0 spiro atoms. The topological polar surface area (TPSA) is 66.0 Å². The second-order valence-electron chi connectivity index (χ2n) is 8.56. The lowest BCUT2D eigenvalue weighted by atomic mass is 9.97. The van der Waals surface area contributed by atoms with E-state index >= 15 is 0 Å². The molecule has 0 unspecified atom stereocenters. The molecule has 1 aliphatic heterocycles. The molecule has 0 aliphatic carbocycles. The van der Waals surface area contributed by atoms with Crippen molar-refractivity contribution in [1.82, 2.24) is 5.32 Å². The molecule has 4 rings (SSSR count). The Morgan fingerprint density at radius 3 is 1.83 bits per heavy atom. The fourth-order valence-corrected chi connectivity index (χ4v) is 4.04. The molecule has 5 atom stereocenters. The maximum absolute atomic E-state index is 12.0. The third-order valence-electron chi connectivity index (χ3n) is 5.78. The zero-order valence-corrected chi connectivity index (χ0v) is 19.9. The van der Waals surface area contributed by atoms with Gasteiger partial charge in [-0.2, -0.15) is 0 Å². The smallest absolute Gasteiger partial charge is 0.217 e. The van der Waals surface area contributed by atoms with Crippen molar-refractivity contribution < 1.29 is 25.1 Å². The van der Waals surface area contributed by atoms with Gasteiger partial charge in [0.05, 0.1) is 40.4 Å². The highest BCUT2D eigenvalue weighted by Gasteiger charge is 2.42. The van der Waals surface area contributed by atoms with E-state index in [1.807, 2.05) is 91.0 Å². The van der Waals surface area contributed by atoms with Crippen LogP contribution in [-0.2, 0) is 43.6 Å². The van der Waals surface area contributed by atoms with E-state index < -0.39 is 30.9 Å². The number of rotatable bonds is 11. The van der Waals surface area contributed by atoms with Crippen molar-refractivity contribution in [3.63, 3.8) is 0 Å². The average Bonchev–Trinajstić information content (AvgIpc) is 2.90. The number of carbonyl (C=O) groups excluding carboxylic acids is 1. The predicted molar refractivity (Wildman–Crippen MR) is 133 cm³/mol. The molecule has 184 valence electrons. The minimum Gasteiger partial charge on any atom is -0.374 e. The average molecular weight is 477 g/mol. The summed E-state index contributed by atoms with van der Waals surface area (Å²) in [4.78, 5) is 12.0. The molecule has 1 heterocycles. The van der Waals surface area contributed by atoms with Gasteiger partial charge in [-0.25, -0.2) is 0 Å². The Morgan fingerprint density at radius 1 is 0.829 bits per heavy atom. The number of hydrogen-bond donors (Lipinski definition) is 1. The third kappa shape index (κ3) is 7.73. The first kappa shape index (κ1) is 23.7. The van der Waals surface area contributed by atoms with Crippen LogP contribution in [0.1, 0.15) is 25.0 Å². The lowest BCUT2D eigenvalue weighted by Crippen LogP contribution is -2.61. The minimum atomic E-state index is -1.03. The Labute approximate surface area is 208 Å². The number of nitrogens with one attached hydrogen (secondary N) is 1. The van der Waals surface area contributed by atoms with E-state index in [1.165, 1.54) is 6.92 Å². The molecule has 0 saturated carbocycles. The molecule has 1 N–H and O–H groups in total. The van der Waals surface area contributed by atoms with Gasteiger partial charge >= 0.3 is 0 Å². The Balaban J connectivity index is 1.53. The first-order valence-electron chi connectivity index (χ1n) is 12.5. The monoisotopic (exact) mass is 476 g/mol. The van der Waals surface area contributed by atoms with Crippen molar-refractivity contribution in [3.05, 3.63) is 108 Å². The lowest BCUT2D eigenvalue weighted by molar-refractivity contribution is -0.208. The maximum atomic E-state index is 12.0. The van der Waals surface area contributed by atoms with Gasteiger partial charge in [0.25, 0.3) is 0 Å². The van der Waals surface area contributed by atoms with E-state index in [1.54, 1.807) is 0 Å². The maximum Gasteiger partial charge on any atom is 0.217 e. The van der Waals surface area contributed by atoms with Crippen molar-refractivity contribution in [1.29, 1.82) is 0 Å². The number of benzene rings is 3. The summed E-state index contributed by atoms with van der Waals surface area (Å²) in [5.41, 5.74) is 3.05. The minimum absolute atomic E-state index is 0.224. The fraction of sp³-hybridized carbons (Fsp3) is 0.345. The summed E-state index contributed by atoms with van der Waals surface area (Å²) in [7, 11) is 0. The van der Waals surface area contributed by atoms with Gasteiger partial charge in [-0.3, -0.25) is 4.79 Å². The molecule has 0 radical (unpaired) electrons. The molecule has 35 heavy (non-hydrogen) atoms. The van der Waals surface area contributed by atoms with E-state index in [4.69, 9.17) is 20.3 Å². The SMILES string of the molecule is [2H][C@@H]1O[C@H](COCc2ccccc2)[C@@H](OCc2ccccc2)[C@H](OCc2ccccc2)[C@H]1NC(C)=O. The van der Waals surface area contributed by atoms with Crippen molar-refractivity contribution in [2.45, 2.75) is 51.1 Å². The van der Waals surface area contributed by atoms with E-state index in [2.05, 4.69) is 5.32 Å². The van der Waals surface area contributed by atoms with Crippen LogP contribution < -0.4 is 5.32 Å². The molecular formula is C29H33NO5. The van der Waals surface area contributed by atoms with Crippen LogP contribution in [0.25, 0.3) is 0 Å². The van der Waals surface area contributed by atoms with Crippen LogP contribution in [0.4, 0.5) is 0 Å². The first-order valence-corrected chi connectivity index (χ1v) is 11.9. The predicted octanol–water partition coefficient (Wildman–Crippen LogP) is 4.28. The molecule has 1 fully saturated rings. The fourth-order valence-electron chi connectivity index (χ4n) is 4.04. The van der Waals surface area contributed by atoms with Crippen molar-refractivity contribution >= 4 is 5.91 Å². The van der Waals surface area contributed by atoms with Crippen molar-refractivity contribution in [2.24, 2.45) is 0 Å². The van der Waals surface area contributed by atoms with Crippen LogP contribution >= 0.6 is 0 Å². The highest BCUT2D eigenvalue weighted by atomic mass is 16.6. The largest absolute Gasteiger partial charge is 0.374 e. The van der Waals surface area contributed by atoms with Crippen LogP contribution in [0.2, 0.25) is 0 Å². The summed E-state index contributed by atoms with van der Waals surface area (Å²) < 4.78 is 33.4. The van der Waals surface area contributed by atoms with Crippen LogP contribution in [0.5, 0.6) is 0 Å². The Bertz CT molecular complexity index is 1050. The van der Waals surface area contributed by atoms with Gasteiger partial charge in [0.1, 0.15) is 18.3 Å². The summed E-state index contributed by atoms with van der Waals surface area (Å²) in [6.45, 7) is 1.69. The van der Waals surface area contributed by atoms with Crippen molar-refractivity contribution in [2.75, 3.05) is 13.2 Å². The van der Waals surface area contributed by atoms with Gasteiger partial charge in [0, 0.05) is 6.92 Å². The van der Waals surface area contributed by atoms with Gasteiger partial charge in [-0.1, -0.05) is 91.0 Å². The Kier molecular flexibility index (Phi) is 8.91. The molecular weight excluding hydrogens is 442 g/mol. The molecule has 6 heteroatoms. The summed E-state index contributed by atoms with van der Waals surface area (Å²) in [5.74, 6) is -0.255. The summed E-state index contributed by atoms with van der Waals surface area (Å²) in [6.07, 6.45) is -1.73. The number of carbonyl (C=O) groups is 1. The molecule has 0 aromatic heterocycles. The van der Waals surface area contributed by atoms with Gasteiger partial charge in [0.15, 0.2) is 0 Å². The standard InChI is InChI=1S/C29H33NO5/c1-22(31)30-26-20-33-27(21-32-17-23-11-5-2-6-12-23)29(35-19-25-15-9-4-10-16-25)28(26)34-18-24-13-7-3-8-14-24/h2-16,26-29H,17-21H2,1H3,(H,30,31)/t26-,27+,28+,29+/m0/s1/i20D/t20-,26-,27+,28+,29+. The van der Waals surface area contributed by atoms with Gasteiger partial charge in [0.2, 0.25) is 5.91 Å². The molecule has 1 saturated heterocycles. The highest BCUT2D eigenvalue weighted by Crippen LogP contribution is 2.25. The van der Waals surface area contributed by atoms with Gasteiger partial charge < -0.3 is 24.3 Å². The van der Waals surface area contributed by atoms with Crippen molar-refractivity contribution in [3.8, 4) is 0 Å². The third-order valence-corrected chi connectivity index (χ3v) is 5.78. The number of ether oxygens (including phenoxy) is 4. The molecule has 1 aliphatic rings. The van der Waals surface area contributed by atoms with Gasteiger partial charge in [-0.15, -0.1) is 0 Å². The summed E-state index contributed by atoms with van der Waals surface area (Å²) >= 11 is 0. The summed E-state index contributed by atoms with van der Waals surface area (Å²) in [5, 5.41) is 2.85. The first-order chi connectivity index (χ1) is 17.6. The van der Waals surface area contributed by atoms with Crippen LogP contribution in [0.3, 0.4) is 0 Å². The molecule has 3 aromatic rings. The Hall–Kier alpha value is -3.03. The second kappa shape index (κ2) is 13.2. The molecule has 3 aromatic carbocycles. The van der Waals surface area contributed by atoms with E-state index in [9.17, 15) is 4.79 Å². The lowest BCUT2D eigenvalue weighted by Gasteiger charge is -2.42. The molecule has 6 nitrogen and oxygen atoms in total. The van der Waals surface area contributed by atoms with E-state index in [0.29, 0.717) is 19.8 Å². The Morgan fingerprint density at radius 2 is 1.31 bits per heavy atom. The summed E-state index contributed by atoms with van der Waals surface area (Å²) in [6, 6.07) is 28.8. The van der Waals surface area contributed by atoms with Crippen LogP contribution in [-0.4, -0.2) is 43.5 Å². The zero-order chi connectivity index (χ0) is 25.2. The number of hydrogen-bond acceptors (Lipinski definition) is 5. The number of amides is 1. The van der Waals surface area contributed by atoms with Gasteiger partial charge in [-0.05, 0) is 16.7 Å². The van der Waals surface area contributed by atoms with E-state index in [0.717, 1.165) is 16.7 Å². The quantitative estimate of drug-likeness (QED) is 0.448. The second-order valence-corrected chi connectivity index (χ2v) is 8.56.